The van der Waals surface area contributed by atoms with E-state index in [0.29, 0.717) is 12.6 Å². The van der Waals surface area contributed by atoms with Crippen molar-refractivity contribution in [3.63, 3.8) is 0 Å². The van der Waals surface area contributed by atoms with E-state index in [1.807, 2.05) is 43.0 Å². The minimum atomic E-state index is 0.0233. The summed E-state index contributed by atoms with van der Waals surface area (Å²) in [6.07, 6.45) is 4.65. The largest absolute Gasteiger partial charge is 0.398 e. The van der Waals surface area contributed by atoms with Crippen LogP contribution in [0.3, 0.4) is 0 Å². The van der Waals surface area contributed by atoms with Crippen LogP contribution in [0.25, 0.3) is 0 Å². The van der Waals surface area contributed by atoms with Gasteiger partial charge in [0.25, 0.3) is 0 Å². The van der Waals surface area contributed by atoms with Crippen molar-refractivity contribution in [1.29, 1.82) is 0 Å². The summed E-state index contributed by atoms with van der Waals surface area (Å²) in [6.45, 7) is 4.63. The number of urea groups is 1. The standard InChI is InChI=1S/C16H25N3O/c1-12(2)19(11-13-7-3-6-10-15(13)17)16(20)18-14-8-4-5-9-14/h3,6-7,10,12,14H,4-5,8-9,11,17H2,1-2H3,(H,18,20). The van der Waals surface area contributed by atoms with Gasteiger partial charge < -0.3 is 16.0 Å². The lowest BCUT2D eigenvalue weighted by molar-refractivity contribution is 0.176. The van der Waals surface area contributed by atoms with E-state index >= 15 is 0 Å². The third-order valence-electron chi connectivity index (χ3n) is 3.96. The molecule has 0 atom stereocenters. The smallest absolute Gasteiger partial charge is 0.318 e. The van der Waals surface area contributed by atoms with Crippen LogP contribution in [0.15, 0.2) is 24.3 Å². The van der Waals surface area contributed by atoms with Gasteiger partial charge in [-0.1, -0.05) is 31.0 Å². The number of nitrogen functional groups attached to an aromatic ring is 1. The van der Waals surface area contributed by atoms with Gasteiger partial charge in [0, 0.05) is 24.3 Å². The van der Waals surface area contributed by atoms with Gasteiger partial charge in [-0.25, -0.2) is 4.79 Å². The number of carbonyl (C=O) groups excluding carboxylic acids is 1. The highest BCUT2D eigenvalue weighted by Gasteiger charge is 2.23. The first-order valence-electron chi connectivity index (χ1n) is 7.48. The lowest BCUT2D eigenvalue weighted by Crippen LogP contribution is -2.46. The van der Waals surface area contributed by atoms with E-state index in [2.05, 4.69) is 5.32 Å². The molecule has 0 spiro atoms. The van der Waals surface area contributed by atoms with Crippen molar-refractivity contribution in [1.82, 2.24) is 10.2 Å². The molecule has 1 aliphatic carbocycles. The maximum Gasteiger partial charge on any atom is 0.318 e. The summed E-state index contributed by atoms with van der Waals surface area (Å²) in [6, 6.07) is 8.25. The zero-order chi connectivity index (χ0) is 14.5. The lowest BCUT2D eigenvalue weighted by atomic mass is 10.1. The molecule has 110 valence electrons. The van der Waals surface area contributed by atoms with Crippen molar-refractivity contribution in [3.8, 4) is 0 Å². The molecule has 0 aliphatic heterocycles. The molecule has 0 radical (unpaired) electrons. The number of benzene rings is 1. The predicted octanol–water partition coefficient (Wildman–Crippen LogP) is 3.13. The molecule has 0 aromatic heterocycles. The van der Waals surface area contributed by atoms with Gasteiger partial charge in [0.05, 0.1) is 0 Å². The summed E-state index contributed by atoms with van der Waals surface area (Å²) >= 11 is 0. The fourth-order valence-electron chi connectivity index (χ4n) is 2.68. The maximum atomic E-state index is 12.4. The molecule has 3 N–H and O–H groups in total. The van der Waals surface area contributed by atoms with Crippen LogP contribution in [0.5, 0.6) is 0 Å². The number of nitrogens with one attached hydrogen (secondary N) is 1. The number of amides is 2. The molecule has 1 aromatic carbocycles. The second kappa shape index (κ2) is 6.64. The van der Waals surface area contributed by atoms with Gasteiger partial charge in [-0.15, -0.1) is 0 Å². The minimum absolute atomic E-state index is 0.0233. The highest BCUT2D eigenvalue weighted by atomic mass is 16.2. The minimum Gasteiger partial charge on any atom is -0.398 e. The van der Waals surface area contributed by atoms with Gasteiger partial charge in [0.1, 0.15) is 0 Å². The first-order chi connectivity index (χ1) is 9.58. The molecule has 2 rings (SSSR count). The van der Waals surface area contributed by atoms with Crippen LogP contribution in [-0.2, 0) is 6.54 Å². The SMILES string of the molecule is CC(C)N(Cc1ccccc1N)C(=O)NC1CCCC1. The molecule has 0 bridgehead atoms. The molecule has 1 saturated carbocycles. The van der Waals surface area contributed by atoms with Crippen LogP contribution in [0.2, 0.25) is 0 Å². The molecule has 1 aromatic rings. The molecule has 0 saturated heterocycles. The van der Waals surface area contributed by atoms with Crippen LogP contribution in [0.4, 0.5) is 10.5 Å². The lowest BCUT2D eigenvalue weighted by Gasteiger charge is -2.29. The van der Waals surface area contributed by atoms with E-state index in [0.717, 1.165) is 24.1 Å². The second-order valence-electron chi connectivity index (χ2n) is 5.85. The van der Waals surface area contributed by atoms with Crippen molar-refractivity contribution >= 4 is 11.7 Å². The number of anilines is 1. The third kappa shape index (κ3) is 3.65. The van der Waals surface area contributed by atoms with E-state index in [1.165, 1.54) is 12.8 Å². The van der Waals surface area contributed by atoms with Crippen molar-refractivity contribution in [2.24, 2.45) is 0 Å². The Morgan fingerprint density at radius 3 is 2.60 bits per heavy atom. The Hall–Kier alpha value is -1.71. The Balaban J connectivity index is 2.02. The van der Waals surface area contributed by atoms with E-state index in [9.17, 15) is 4.79 Å². The van der Waals surface area contributed by atoms with Crippen LogP contribution in [0.1, 0.15) is 45.1 Å². The number of carbonyl (C=O) groups is 1. The van der Waals surface area contributed by atoms with E-state index < -0.39 is 0 Å². The molecular formula is C16H25N3O. The van der Waals surface area contributed by atoms with Crippen molar-refractivity contribution < 1.29 is 4.79 Å². The number of nitrogens with two attached hydrogens (primary N) is 1. The van der Waals surface area contributed by atoms with Crippen molar-refractivity contribution in [3.05, 3.63) is 29.8 Å². The Morgan fingerprint density at radius 2 is 2.00 bits per heavy atom. The fraction of sp³-hybridized carbons (Fsp3) is 0.562. The normalized spacial score (nSPS) is 15.6. The van der Waals surface area contributed by atoms with Gasteiger partial charge in [-0.3, -0.25) is 0 Å². The summed E-state index contributed by atoms with van der Waals surface area (Å²) < 4.78 is 0. The van der Waals surface area contributed by atoms with Crippen LogP contribution in [0, 0.1) is 0 Å². The molecule has 20 heavy (non-hydrogen) atoms. The van der Waals surface area contributed by atoms with Crippen LogP contribution in [-0.4, -0.2) is 23.0 Å². The van der Waals surface area contributed by atoms with Crippen molar-refractivity contribution in [2.75, 3.05) is 5.73 Å². The van der Waals surface area contributed by atoms with Crippen LogP contribution >= 0.6 is 0 Å². The highest BCUT2D eigenvalue weighted by molar-refractivity contribution is 5.75. The zero-order valence-electron chi connectivity index (χ0n) is 12.4. The Kier molecular flexibility index (Phi) is 4.88. The van der Waals surface area contributed by atoms with Gasteiger partial charge in [0.15, 0.2) is 0 Å². The van der Waals surface area contributed by atoms with E-state index in [1.54, 1.807) is 0 Å². The molecular weight excluding hydrogens is 250 g/mol. The molecule has 1 aliphatic rings. The Morgan fingerprint density at radius 1 is 1.35 bits per heavy atom. The van der Waals surface area contributed by atoms with Gasteiger partial charge in [-0.05, 0) is 38.3 Å². The van der Waals surface area contributed by atoms with E-state index in [-0.39, 0.29) is 12.1 Å². The third-order valence-corrected chi connectivity index (χ3v) is 3.96. The first-order valence-corrected chi connectivity index (χ1v) is 7.48. The average Bonchev–Trinajstić information content (AvgIpc) is 2.90. The Labute approximate surface area is 121 Å². The highest BCUT2D eigenvalue weighted by Crippen LogP contribution is 2.19. The predicted molar refractivity (Wildman–Crippen MR) is 82.3 cm³/mol. The van der Waals surface area contributed by atoms with Gasteiger partial charge >= 0.3 is 6.03 Å². The average molecular weight is 275 g/mol. The van der Waals surface area contributed by atoms with Crippen LogP contribution < -0.4 is 11.1 Å². The second-order valence-corrected chi connectivity index (χ2v) is 5.85. The number of hydrogen-bond acceptors (Lipinski definition) is 2. The molecule has 4 heteroatoms. The molecule has 2 amide bonds. The van der Waals surface area contributed by atoms with Gasteiger partial charge in [-0.2, -0.15) is 0 Å². The van der Waals surface area contributed by atoms with Crippen molar-refractivity contribution in [2.45, 2.75) is 58.2 Å². The number of hydrogen-bond donors (Lipinski definition) is 2. The summed E-state index contributed by atoms with van der Waals surface area (Å²) in [5.41, 5.74) is 7.72. The fourth-order valence-corrected chi connectivity index (χ4v) is 2.68. The number of nitrogens with zero attached hydrogens (tertiary/aromatic N) is 1. The van der Waals surface area contributed by atoms with E-state index in [4.69, 9.17) is 5.73 Å². The summed E-state index contributed by atoms with van der Waals surface area (Å²) in [5.74, 6) is 0. The number of para-hydroxylation sites is 1. The van der Waals surface area contributed by atoms with Gasteiger partial charge in [0.2, 0.25) is 0 Å². The molecule has 0 unspecified atom stereocenters. The molecule has 4 nitrogen and oxygen atoms in total. The number of rotatable bonds is 4. The summed E-state index contributed by atoms with van der Waals surface area (Å²) in [4.78, 5) is 14.3. The quantitative estimate of drug-likeness (QED) is 0.829. The topological polar surface area (TPSA) is 58.4 Å². The Bertz CT molecular complexity index is 453. The summed E-state index contributed by atoms with van der Waals surface area (Å²) in [5, 5.41) is 3.15. The maximum absolute atomic E-state index is 12.4. The first kappa shape index (κ1) is 14.7. The molecule has 1 fully saturated rings. The monoisotopic (exact) mass is 275 g/mol. The molecule has 0 heterocycles. The summed E-state index contributed by atoms with van der Waals surface area (Å²) in [7, 11) is 0. The zero-order valence-corrected chi connectivity index (χ0v) is 12.4.